The van der Waals surface area contributed by atoms with Gasteiger partial charge in [0.2, 0.25) is 0 Å². The fourth-order valence-electron chi connectivity index (χ4n) is 5.20. The van der Waals surface area contributed by atoms with Crippen LogP contribution in [0.3, 0.4) is 0 Å². The molecular weight excluding hydrogens is 374 g/mol. The number of fused-ring (bicyclic) bond motifs is 1. The third-order valence-electron chi connectivity index (χ3n) is 6.39. The Balaban J connectivity index is 1.87. The minimum atomic E-state index is -2.53. The Hall–Kier alpha value is -1.94. The number of hydrogen-bond donors (Lipinski definition) is 6. The molecule has 2 saturated carbocycles. The molecule has 3 unspecified atom stereocenters. The van der Waals surface area contributed by atoms with Crippen molar-refractivity contribution in [3.8, 4) is 0 Å². The van der Waals surface area contributed by atoms with E-state index in [1.165, 1.54) is 24.3 Å². The minimum absolute atomic E-state index is 0.0268. The second-order valence-electron chi connectivity index (χ2n) is 7.58. The van der Waals surface area contributed by atoms with Crippen LogP contribution in [0.15, 0.2) is 48.5 Å². The molecule has 6 nitrogen and oxygen atoms in total. The van der Waals surface area contributed by atoms with Gasteiger partial charge in [-0.2, -0.15) is 0 Å². The lowest BCUT2D eigenvalue weighted by molar-refractivity contribution is -0.459. The second-order valence-corrected chi connectivity index (χ2v) is 7.58. The van der Waals surface area contributed by atoms with E-state index in [0.717, 1.165) is 24.3 Å². The maximum atomic E-state index is 13.7. The molecule has 2 aromatic rings. The van der Waals surface area contributed by atoms with Crippen LogP contribution in [-0.2, 0) is 0 Å². The first kappa shape index (κ1) is 19.4. The van der Waals surface area contributed by atoms with Crippen molar-refractivity contribution in [3.05, 3.63) is 71.3 Å². The third kappa shape index (κ3) is 2.00. The van der Waals surface area contributed by atoms with Crippen LogP contribution in [0.1, 0.15) is 23.0 Å². The zero-order valence-electron chi connectivity index (χ0n) is 14.6. The first-order valence-electron chi connectivity index (χ1n) is 8.79. The summed E-state index contributed by atoms with van der Waals surface area (Å²) >= 11 is 0. The van der Waals surface area contributed by atoms with Crippen LogP contribution in [0.5, 0.6) is 0 Å². The Morgan fingerprint density at radius 1 is 0.929 bits per heavy atom. The van der Waals surface area contributed by atoms with Crippen LogP contribution in [0.4, 0.5) is 8.78 Å². The fraction of sp³-hybridized carbons (Fsp3) is 0.400. The molecule has 6 N–H and O–H groups in total. The van der Waals surface area contributed by atoms with Gasteiger partial charge in [0, 0.05) is 5.92 Å². The summed E-state index contributed by atoms with van der Waals surface area (Å²) in [5.41, 5.74) is -7.25. The number of hydrogen-bond acceptors (Lipinski definition) is 6. The van der Waals surface area contributed by atoms with Crippen LogP contribution in [0, 0.1) is 11.6 Å². The molecule has 2 aromatic carbocycles. The van der Waals surface area contributed by atoms with Gasteiger partial charge < -0.3 is 30.6 Å². The summed E-state index contributed by atoms with van der Waals surface area (Å²) in [6.45, 7) is -0.966. The Morgan fingerprint density at radius 2 is 1.46 bits per heavy atom. The molecule has 2 aliphatic carbocycles. The van der Waals surface area contributed by atoms with Gasteiger partial charge in [-0.05, 0) is 35.4 Å². The topological polar surface area (TPSA) is 121 Å². The smallest absolute Gasteiger partial charge is 0.138 e. The summed E-state index contributed by atoms with van der Waals surface area (Å²) in [7, 11) is 0. The van der Waals surface area contributed by atoms with E-state index in [-0.39, 0.29) is 11.1 Å². The second kappa shape index (κ2) is 6.03. The molecule has 7 atom stereocenters. The van der Waals surface area contributed by atoms with E-state index in [1.807, 2.05) is 0 Å². The van der Waals surface area contributed by atoms with E-state index in [0.29, 0.717) is 0 Å². The van der Waals surface area contributed by atoms with E-state index in [1.54, 1.807) is 0 Å². The zero-order valence-corrected chi connectivity index (χ0v) is 14.6. The molecule has 0 amide bonds. The molecule has 0 radical (unpaired) electrons. The van der Waals surface area contributed by atoms with Gasteiger partial charge in [0.15, 0.2) is 0 Å². The Morgan fingerprint density at radius 3 is 2.00 bits per heavy atom. The van der Waals surface area contributed by atoms with Crippen LogP contribution < -0.4 is 0 Å². The van der Waals surface area contributed by atoms with Crippen molar-refractivity contribution >= 4 is 0 Å². The van der Waals surface area contributed by atoms with E-state index in [4.69, 9.17) is 0 Å². The van der Waals surface area contributed by atoms with Crippen molar-refractivity contribution < 1.29 is 39.4 Å². The zero-order chi connectivity index (χ0) is 20.5. The largest absolute Gasteiger partial charge is 0.394 e. The first-order chi connectivity index (χ1) is 13.1. The van der Waals surface area contributed by atoms with Crippen molar-refractivity contribution in [1.82, 2.24) is 0 Å². The highest BCUT2D eigenvalue weighted by molar-refractivity contribution is 5.55. The molecule has 0 aliphatic heterocycles. The summed E-state index contributed by atoms with van der Waals surface area (Å²) in [6.07, 6.45) is -3.56. The molecule has 0 bridgehead atoms. The first-order valence-corrected chi connectivity index (χ1v) is 8.79. The monoisotopic (exact) mass is 394 g/mol. The predicted octanol–water partition coefficient (Wildman–Crippen LogP) is -0.233. The molecule has 150 valence electrons. The lowest BCUT2D eigenvalue weighted by Gasteiger charge is -2.80. The normalized spacial score (nSPS) is 40.2. The average molecular weight is 394 g/mol. The Bertz CT molecular complexity index is 923. The standard InChI is InChI=1S/C20H20F2O6/c21-12-5-1-3-10(7-12)15-17(25)19(27)16(11-4-2-6-13(22)8-11)18(26,14(24)9-23)20(15,19)28/h1-8,14-17,23-28H,9H2/t14-,15?,16?,17?,18+,19+,20+/m1/s1. The van der Waals surface area contributed by atoms with Gasteiger partial charge >= 0.3 is 0 Å². The fourth-order valence-corrected chi connectivity index (χ4v) is 5.20. The summed E-state index contributed by atoms with van der Waals surface area (Å²) in [6, 6.07) is 9.72. The van der Waals surface area contributed by atoms with Crippen molar-refractivity contribution in [2.24, 2.45) is 0 Å². The van der Waals surface area contributed by atoms with Crippen LogP contribution in [0.25, 0.3) is 0 Å². The predicted molar refractivity (Wildman–Crippen MR) is 92.2 cm³/mol. The van der Waals surface area contributed by atoms with Gasteiger partial charge in [0.25, 0.3) is 0 Å². The molecule has 28 heavy (non-hydrogen) atoms. The van der Waals surface area contributed by atoms with Gasteiger partial charge in [-0.1, -0.05) is 24.3 Å². The summed E-state index contributed by atoms with van der Waals surface area (Å²) in [4.78, 5) is 0. The minimum Gasteiger partial charge on any atom is -0.394 e. The molecule has 0 aromatic heterocycles. The summed E-state index contributed by atoms with van der Waals surface area (Å²) in [5.74, 6) is -4.18. The molecule has 2 aliphatic rings. The van der Waals surface area contributed by atoms with Crippen molar-refractivity contribution in [2.75, 3.05) is 6.61 Å². The highest BCUT2D eigenvalue weighted by Crippen LogP contribution is 2.75. The van der Waals surface area contributed by atoms with E-state index < -0.39 is 59.1 Å². The number of aliphatic hydroxyl groups excluding tert-OH is 3. The highest BCUT2D eigenvalue weighted by atomic mass is 19.1. The average Bonchev–Trinajstić information content (AvgIpc) is 2.67. The molecule has 4 rings (SSSR count). The van der Waals surface area contributed by atoms with E-state index in [9.17, 15) is 39.4 Å². The molecule has 8 heteroatoms. The SMILES string of the molecule is OC[C@@H](O)[C@]1(O)C(c2cccc(F)c2)[C@]2(O)C(O)C(c3cccc(F)c3)[C@@]21O. The van der Waals surface area contributed by atoms with Crippen LogP contribution in [-0.4, -0.2) is 66.3 Å². The molecule has 2 fully saturated rings. The molecule has 0 saturated heterocycles. The van der Waals surface area contributed by atoms with Gasteiger partial charge in [-0.3, -0.25) is 0 Å². The van der Waals surface area contributed by atoms with Gasteiger partial charge in [-0.15, -0.1) is 0 Å². The van der Waals surface area contributed by atoms with Crippen molar-refractivity contribution in [3.63, 3.8) is 0 Å². The number of rotatable bonds is 4. The molecular formula is C20H20F2O6. The van der Waals surface area contributed by atoms with Crippen LogP contribution in [0.2, 0.25) is 0 Å². The number of halogens is 2. The van der Waals surface area contributed by atoms with E-state index >= 15 is 0 Å². The van der Waals surface area contributed by atoms with Crippen molar-refractivity contribution in [2.45, 2.75) is 40.8 Å². The van der Waals surface area contributed by atoms with E-state index in [2.05, 4.69) is 0 Å². The lowest BCUT2D eigenvalue weighted by atomic mass is 9.30. The van der Waals surface area contributed by atoms with Crippen LogP contribution >= 0.6 is 0 Å². The third-order valence-corrected chi connectivity index (χ3v) is 6.39. The quantitative estimate of drug-likeness (QED) is 0.426. The van der Waals surface area contributed by atoms with Gasteiger partial charge in [-0.25, -0.2) is 8.78 Å². The number of aliphatic hydroxyl groups is 6. The van der Waals surface area contributed by atoms with Gasteiger partial charge in [0.1, 0.15) is 34.5 Å². The Labute approximate surface area is 158 Å². The lowest BCUT2D eigenvalue weighted by Crippen LogP contribution is -2.99. The highest BCUT2D eigenvalue weighted by Gasteiger charge is 2.93. The molecule has 0 spiro atoms. The summed E-state index contributed by atoms with van der Waals surface area (Å²) in [5, 5.41) is 64.1. The van der Waals surface area contributed by atoms with Gasteiger partial charge in [0.05, 0.1) is 18.6 Å². The Kier molecular flexibility index (Phi) is 4.17. The summed E-state index contributed by atoms with van der Waals surface area (Å²) < 4.78 is 27.4. The maximum absolute atomic E-state index is 13.7. The maximum Gasteiger partial charge on any atom is 0.138 e. The molecule has 0 heterocycles. The van der Waals surface area contributed by atoms with Crippen molar-refractivity contribution in [1.29, 1.82) is 0 Å². The number of benzene rings is 2.